The summed E-state index contributed by atoms with van der Waals surface area (Å²) >= 11 is 4.83. The first kappa shape index (κ1) is 14.4. The second-order valence-corrected chi connectivity index (χ2v) is 4.70. The van der Waals surface area contributed by atoms with Gasteiger partial charge in [0.15, 0.2) is 0 Å². The van der Waals surface area contributed by atoms with E-state index in [1.807, 2.05) is 0 Å². The molecule has 4 nitrogen and oxygen atoms in total. The predicted molar refractivity (Wildman–Crippen MR) is 71.3 cm³/mol. The molecule has 0 aliphatic heterocycles. The van der Waals surface area contributed by atoms with Crippen molar-refractivity contribution in [1.82, 2.24) is 5.32 Å². The van der Waals surface area contributed by atoms with Gasteiger partial charge in [-0.3, -0.25) is 4.79 Å². The maximum atomic E-state index is 13.7. The number of amides is 1. The van der Waals surface area contributed by atoms with Gasteiger partial charge < -0.3 is 15.8 Å². The fourth-order valence-electron chi connectivity index (χ4n) is 1.30. The lowest BCUT2D eigenvalue weighted by Crippen LogP contribution is -2.52. The second kappa shape index (κ2) is 5.30. The van der Waals surface area contributed by atoms with Crippen LogP contribution in [0.4, 0.5) is 4.39 Å². The average Bonchev–Trinajstić information content (AvgIpc) is 2.27. The largest absolute Gasteiger partial charge is 0.496 e. The zero-order valence-corrected chi connectivity index (χ0v) is 11.2. The van der Waals surface area contributed by atoms with Crippen LogP contribution in [0.15, 0.2) is 18.2 Å². The molecule has 1 amide bonds. The minimum Gasteiger partial charge on any atom is -0.496 e. The molecular formula is C12H15FN2O2S. The molecule has 0 aliphatic carbocycles. The number of benzene rings is 1. The highest BCUT2D eigenvalue weighted by Gasteiger charge is 2.27. The highest BCUT2D eigenvalue weighted by Crippen LogP contribution is 2.21. The molecule has 0 bridgehead atoms. The molecule has 0 heterocycles. The smallest absolute Gasteiger partial charge is 0.258 e. The molecule has 18 heavy (non-hydrogen) atoms. The number of hydrogen-bond acceptors (Lipinski definition) is 3. The van der Waals surface area contributed by atoms with Crippen molar-refractivity contribution in [3.8, 4) is 5.75 Å². The van der Waals surface area contributed by atoms with Crippen LogP contribution >= 0.6 is 12.2 Å². The van der Waals surface area contributed by atoms with Crippen molar-refractivity contribution in [2.75, 3.05) is 7.11 Å². The fourth-order valence-corrected chi connectivity index (χ4v) is 1.35. The Labute approximate surface area is 110 Å². The highest BCUT2D eigenvalue weighted by molar-refractivity contribution is 7.80. The van der Waals surface area contributed by atoms with Crippen molar-refractivity contribution in [1.29, 1.82) is 0 Å². The Morgan fingerprint density at radius 1 is 1.50 bits per heavy atom. The van der Waals surface area contributed by atoms with E-state index in [4.69, 9.17) is 22.7 Å². The Balaban J connectivity index is 3.09. The Bertz CT molecular complexity index is 489. The topological polar surface area (TPSA) is 64.3 Å². The van der Waals surface area contributed by atoms with E-state index < -0.39 is 17.3 Å². The molecule has 1 rings (SSSR count). The molecule has 0 aliphatic rings. The number of carbonyl (C=O) groups is 1. The molecule has 0 atom stereocenters. The number of nitrogens with one attached hydrogen (secondary N) is 1. The summed E-state index contributed by atoms with van der Waals surface area (Å²) in [6.07, 6.45) is 0. The molecular weight excluding hydrogens is 255 g/mol. The molecule has 1 aromatic rings. The van der Waals surface area contributed by atoms with E-state index >= 15 is 0 Å². The van der Waals surface area contributed by atoms with Gasteiger partial charge in [-0.2, -0.15) is 0 Å². The van der Waals surface area contributed by atoms with Gasteiger partial charge in [0.25, 0.3) is 5.91 Å². The molecule has 0 radical (unpaired) electrons. The van der Waals surface area contributed by atoms with E-state index in [-0.39, 0.29) is 16.3 Å². The number of rotatable bonds is 4. The molecule has 0 aromatic heterocycles. The van der Waals surface area contributed by atoms with E-state index in [0.717, 1.165) is 0 Å². The van der Waals surface area contributed by atoms with Gasteiger partial charge in [-0.25, -0.2) is 4.39 Å². The van der Waals surface area contributed by atoms with Gasteiger partial charge in [-0.15, -0.1) is 0 Å². The summed E-state index contributed by atoms with van der Waals surface area (Å²) in [4.78, 5) is 12.1. The van der Waals surface area contributed by atoms with Gasteiger partial charge in [-0.05, 0) is 26.0 Å². The first-order valence-corrected chi connectivity index (χ1v) is 5.65. The van der Waals surface area contributed by atoms with Gasteiger partial charge in [0.1, 0.15) is 17.1 Å². The summed E-state index contributed by atoms with van der Waals surface area (Å²) in [5, 5.41) is 2.56. The first-order chi connectivity index (χ1) is 8.29. The van der Waals surface area contributed by atoms with Crippen LogP contribution in [0.25, 0.3) is 0 Å². The van der Waals surface area contributed by atoms with E-state index in [1.54, 1.807) is 13.8 Å². The number of carbonyl (C=O) groups excluding carboxylic acids is 1. The van der Waals surface area contributed by atoms with Crippen molar-refractivity contribution in [2.24, 2.45) is 5.73 Å². The zero-order valence-electron chi connectivity index (χ0n) is 10.4. The molecule has 0 saturated heterocycles. The summed E-state index contributed by atoms with van der Waals surface area (Å²) in [6.45, 7) is 3.28. The van der Waals surface area contributed by atoms with Crippen LogP contribution in [0.1, 0.15) is 24.2 Å². The molecule has 0 fully saturated rings. The van der Waals surface area contributed by atoms with Crippen molar-refractivity contribution >= 4 is 23.1 Å². The molecule has 0 unspecified atom stereocenters. The van der Waals surface area contributed by atoms with E-state index in [9.17, 15) is 9.18 Å². The summed E-state index contributed by atoms with van der Waals surface area (Å²) < 4.78 is 18.6. The molecule has 0 saturated carbocycles. The predicted octanol–water partition coefficient (Wildman–Crippen LogP) is 1.63. The molecule has 6 heteroatoms. The molecule has 0 spiro atoms. The average molecular weight is 270 g/mol. The van der Waals surface area contributed by atoms with E-state index in [0.29, 0.717) is 0 Å². The monoisotopic (exact) mass is 270 g/mol. The third-order valence-corrected chi connectivity index (χ3v) is 2.97. The van der Waals surface area contributed by atoms with Crippen LogP contribution in [0, 0.1) is 5.82 Å². The highest BCUT2D eigenvalue weighted by atomic mass is 32.1. The Morgan fingerprint density at radius 3 is 2.61 bits per heavy atom. The van der Waals surface area contributed by atoms with Gasteiger partial charge in [0.2, 0.25) is 0 Å². The van der Waals surface area contributed by atoms with Crippen LogP contribution < -0.4 is 15.8 Å². The number of methoxy groups -OCH3 is 1. The standard InChI is InChI=1S/C12H15FN2O2S/c1-12(2,11(14)18)15-10(16)9-7(13)5-4-6-8(9)17-3/h4-6H,1-3H3,(H2,14,18)(H,15,16). The Hall–Kier alpha value is -1.69. The fraction of sp³-hybridized carbons (Fsp3) is 0.333. The number of thiocarbonyl (C=S) groups is 1. The van der Waals surface area contributed by atoms with Crippen LogP contribution in [-0.2, 0) is 0 Å². The molecule has 98 valence electrons. The number of ether oxygens (including phenoxy) is 1. The third kappa shape index (κ3) is 2.95. The van der Waals surface area contributed by atoms with Crippen LogP contribution in [-0.4, -0.2) is 23.5 Å². The summed E-state index contributed by atoms with van der Waals surface area (Å²) in [5.41, 5.74) is 4.43. The van der Waals surface area contributed by atoms with Crippen molar-refractivity contribution < 1.29 is 13.9 Å². The number of halogens is 1. The van der Waals surface area contributed by atoms with Gasteiger partial charge in [-0.1, -0.05) is 18.3 Å². The van der Waals surface area contributed by atoms with Crippen molar-refractivity contribution in [3.05, 3.63) is 29.6 Å². The second-order valence-electron chi connectivity index (χ2n) is 4.26. The summed E-state index contributed by atoms with van der Waals surface area (Å²) in [5.74, 6) is -1.13. The number of hydrogen-bond donors (Lipinski definition) is 2. The van der Waals surface area contributed by atoms with Crippen molar-refractivity contribution in [3.63, 3.8) is 0 Å². The minimum absolute atomic E-state index is 0.117. The lowest BCUT2D eigenvalue weighted by molar-refractivity contribution is 0.0925. The van der Waals surface area contributed by atoms with Gasteiger partial charge in [0.05, 0.1) is 17.6 Å². The molecule has 3 N–H and O–H groups in total. The minimum atomic E-state index is -0.903. The van der Waals surface area contributed by atoms with Crippen molar-refractivity contribution in [2.45, 2.75) is 19.4 Å². The lowest BCUT2D eigenvalue weighted by atomic mass is 10.0. The quantitative estimate of drug-likeness (QED) is 0.816. The third-order valence-electron chi connectivity index (χ3n) is 2.46. The normalized spacial score (nSPS) is 10.9. The Morgan fingerprint density at radius 2 is 2.11 bits per heavy atom. The van der Waals surface area contributed by atoms with Crippen LogP contribution in [0.3, 0.4) is 0 Å². The van der Waals surface area contributed by atoms with Crippen LogP contribution in [0.2, 0.25) is 0 Å². The summed E-state index contributed by atoms with van der Waals surface area (Å²) in [7, 11) is 1.37. The van der Waals surface area contributed by atoms with Gasteiger partial charge in [0, 0.05) is 0 Å². The first-order valence-electron chi connectivity index (χ1n) is 5.24. The van der Waals surface area contributed by atoms with E-state index in [1.165, 1.54) is 25.3 Å². The van der Waals surface area contributed by atoms with E-state index in [2.05, 4.69) is 5.32 Å². The maximum Gasteiger partial charge on any atom is 0.258 e. The summed E-state index contributed by atoms with van der Waals surface area (Å²) in [6, 6.07) is 4.15. The SMILES string of the molecule is COc1cccc(F)c1C(=O)NC(C)(C)C(N)=S. The van der Waals surface area contributed by atoms with Crippen LogP contribution in [0.5, 0.6) is 5.75 Å². The molecule has 1 aromatic carbocycles. The Kier molecular flexibility index (Phi) is 4.24. The number of nitrogens with two attached hydrogens (primary N) is 1. The zero-order chi connectivity index (χ0) is 13.9. The lowest BCUT2D eigenvalue weighted by Gasteiger charge is -2.25. The maximum absolute atomic E-state index is 13.7. The van der Waals surface area contributed by atoms with Gasteiger partial charge >= 0.3 is 0 Å².